The van der Waals surface area contributed by atoms with Gasteiger partial charge in [0, 0.05) is 24.6 Å². The third kappa shape index (κ3) is 20.0. The average molecular weight is 269 g/mol. The Kier molecular flexibility index (Phi) is 24.1. The molecule has 0 aromatic carbocycles. The molecule has 0 atom stereocenters. The van der Waals surface area contributed by atoms with Crippen molar-refractivity contribution in [2.75, 3.05) is 24.6 Å². The van der Waals surface area contributed by atoms with Gasteiger partial charge in [0.25, 0.3) is 0 Å². The van der Waals surface area contributed by atoms with E-state index >= 15 is 0 Å². The van der Waals surface area contributed by atoms with Crippen molar-refractivity contribution in [2.45, 2.75) is 0 Å². The van der Waals surface area contributed by atoms with Gasteiger partial charge in [0.15, 0.2) is 0 Å². The van der Waals surface area contributed by atoms with Crippen molar-refractivity contribution in [3.63, 3.8) is 0 Å². The standard InChI is InChI=1S/C6H11NO4S.2K/c8-5(9)3-7-1-2-12-4-6(10)11;;/h7H,1-4H2,(H,8,9)(H,10,11);;/q;2*+1/p-2. The van der Waals surface area contributed by atoms with E-state index < -0.39 is 11.9 Å². The first-order chi connectivity index (χ1) is 5.63. The van der Waals surface area contributed by atoms with Crippen LogP contribution in [0.1, 0.15) is 0 Å². The van der Waals surface area contributed by atoms with Crippen LogP contribution in [0.2, 0.25) is 0 Å². The zero-order valence-corrected chi connectivity index (χ0v) is 15.4. The second-order valence-electron chi connectivity index (χ2n) is 1.97. The van der Waals surface area contributed by atoms with Gasteiger partial charge in [-0.15, -0.1) is 0 Å². The molecule has 0 aliphatic carbocycles. The average Bonchev–Trinajstić information content (AvgIpc) is 1.95. The number of carbonyl (C=O) groups excluding carboxylic acids is 2. The molecule has 0 aromatic rings. The monoisotopic (exact) mass is 269 g/mol. The van der Waals surface area contributed by atoms with E-state index in [0.717, 1.165) is 0 Å². The summed E-state index contributed by atoms with van der Waals surface area (Å²) in [6, 6.07) is 0. The smallest absolute Gasteiger partial charge is 0.549 e. The Labute approximate surface area is 172 Å². The zero-order chi connectivity index (χ0) is 9.40. The molecule has 0 radical (unpaired) electrons. The molecule has 0 saturated carbocycles. The van der Waals surface area contributed by atoms with Crippen LogP contribution in [0.25, 0.3) is 0 Å². The minimum atomic E-state index is -1.17. The number of carbonyl (C=O) groups is 2. The van der Waals surface area contributed by atoms with Gasteiger partial charge >= 0.3 is 103 Å². The Balaban J connectivity index is -0.000000605. The van der Waals surface area contributed by atoms with Gasteiger partial charge in [-0.2, -0.15) is 11.8 Å². The third-order valence-electron chi connectivity index (χ3n) is 0.912. The molecule has 8 heteroatoms. The molecule has 0 aliphatic heterocycles. The van der Waals surface area contributed by atoms with Crippen LogP contribution in [0.4, 0.5) is 0 Å². The molecule has 0 saturated heterocycles. The van der Waals surface area contributed by atoms with Gasteiger partial charge in [-0.1, -0.05) is 0 Å². The van der Waals surface area contributed by atoms with Crippen molar-refractivity contribution in [2.24, 2.45) is 0 Å². The second-order valence-corrected chi connectivity index (χ2v) is 3.08. The summed E-state index contributed by atoms with van der Waals surface area (Å²) in [5.41, 5.74) is 0. The second kappa shape index (κ2) is 15.5. The summed E-state index contributed by atoms with van der Waals surface area (Å²) < 4.78 is 0. The number of aliphatic carboxylic acids is 2. The van der Waals surface area contributed by atoms with Gasteiger partial charge in [-0.25, -0.2) is 0 Å². The molecule has 1 N–H and O–H groups in total. The fourth-order valence-corrected chi connectivity index (χ4v) is 1.09. The summed E-state index contributed by atoms with van der Waals surface area (Å²) in [4.78, 5) is 19.7. The summed E-state index contributed by atoms with van der Waals surface area (Å²) in [5, 5.41) is 22.3. The maximum atomic E-state index is 9.88. The van der Waals surface area contributed by atoms with Gasteiger partial charge in [0.05, 0.1) is 11.9 Å². The third-order valence-corrected chi connectivity index (χ3v) is 1.85. The van der Waals surface area contributed by atoms with Crippen LogP contribution in [0.5, 0.6) is 0 Å². The van der Waals surface area contributed by atoms with E-state index in [1.807, 2.05) is 0 Å². The molecule has 0 aromatic heterocycles. The number of rotatable bonds is 7. The van der Waals surface area contributed by atoms with E-state index in [1.165, 1.54) is 11.8 Å². The first kappa shape index (κ1) is 21.8. The van der Waals surface area contributed by atoms with E-state index in [4.69, 9.17) is 0 Å². The van der Waals surface area contributed by atoms with Gasteiger partial charge in [0.1, 0.15) is 0 Å². The molecule has 0 fully saturated rings. The van der Waals surface area contributed by atoms with Crippen molar-refractivity contribution in [3.8, 4) is 0 Å². The number of hydrogen-bond acceptors (Lipinski definition) is 6. The summed E-state index contributed by atoms with van der Waals surface area (Å²) in [6.45, 7) is 0.248. The molecule has 14 heavy (non-hydrogen) atoms. The van der Waals surface area contributed by atoms with Crippen LogP contribution < -0.4 is 118 Å². The van der Waals surface area contributed by atoms with Gasteiger partial charge in [-0.05, 0) is 0 Å². The van der Waals surface area contributed by atoms with E-state index in [1.54, 1.807) is 0 Å². The van der Waals surface area contributed by atoms with E-state index in [0.29, 0.717) is 12.3 Å². The summed E-state index contributed by atoms with van der Waals surface area (Å²) in [6.07, 6.45) is 0. The first-order valence-electron chi connectivity index (χ1n) is 3.31. The van der Waals surface area contributed by atoms with Crippen LogP contribution in [0.3, 0.4) is 0 Å². The fraction of sp³-hybridized carbons (Fsp3) is 0.667. The Bertz CT molecular complexity index is 152. The summed E-state index contributed by atoms with van der Waals surface area (Å²) in [5.74, 6) is -1.80. The topological polar surface area (TPSA) is 92.3 Å². The summed E-state index contributed by atoms with van der Waals surface area (Å²) in [7, 11) is 0. The normalized spacial score (nSPS) is 8.29. The van der Waals surface area contributed by atoms with Crippen LogP contribution in [-0.4, -0.2) is 36.5 Å². The van der Waals surface area contributed by atoms with Crippen molar-refractivity contribution in [3.05, 3.63) is 0 Å². The van der Waals surface area contributed by atoms with Crippen molar-refractivity contribution in [1.29, 1.82) is 0 Å². The van der Waals surface area contributed by atoms with Crippen LogP contribution >= 0.6 is 11.8 Å². The Hall–Kier alpha value is 2.52. The number of thioether (sulfide) groups is 1. The number of nitrogens with one attached hydrogen (secondary N) is 1. The van der Waals surface area contributed by atoms with Crippen molar-refractivity contribution in [1.82, 2.24) is 5.32 Å². The molecular formula is C6H9K2NO4S. The Morgan fingerprint density at radius 1 is 1.14 bits per heavy atom. The maximum Gasteiger partial charge on any atom is 1.00 e. The molecule has 0 rings (SSSR count). The van der Waals surface area contributed by atoms with Crippen LogP contribution in [0.15, 0.2) is 0 Å². The van der Waals surface area contributed by atoms with E-state index in [-0.39, 0.29) is 115 Å². The molecule has 70 valence electrons. The summed E-state index contributed by atoms with van der Waals surface area (Å²) >= 11 is 1.18. The minimum absolute atomic E-state index is 0. The molecular weight excluding hydrogens is 260 g/mol. The first-order valence-corrected chi connectivity index (χ1v) is 4.46. The molecule has 0 aliphatic rings. The zero-order valence-electron chi connectivity index (χ0n) is 8.37. The van der Waals surface area contributed by atoms with E-state index in [2.05, 4.69) is 5.32 Å². The predicted molar refractivity (Wildman–Crippen MR) is 40.2 cm³/mol. The van der Waals surface area contributed by atoms with Gasteiger partial charge in [-0.3, -0.25) is 0 Å². The van der Waals surface area contributed by atoms with Crippen molar-refractivity contribution < 1.29 is 123 Å². The Morgan fingerprint density at radius 3 is 2.14 bits per heavy atom. The minimum Gasteiger partial charge on any atom is -0.549 e. The molecule has 5 nitrogen and oxygen atoms in total. The van der Waals surface area contributed by atoms with Gasteiger partial charge in [0.2, 0.25) is 0 Å². The van der Waals surface area contributed by atoms with E-state index in [9.17, 15) is 19.8 Å². The Morgan fingerprint density at radius 2 is 1.71 bits per heavy atom. The number of hydrogen-bond donors (Lipinski definition) is 1. The largest absolute Gasteiger partial charge is 1.00 e. The van der Waals surface area contributed by atoms with Crippen LogP contribution in [-0.2, 0) is 9.59 Å². The molecule has 0 bridgehead atoms. The number of carboxylic acids is 2. The molecule has 0 amide bonds. The molecule has 0 spiro atoms. The maximum absolute atomic E-state index is 9.88. The number of carboxylic acid groups (broad SMARTS) is 2. The fourth-order valence-electron chi connectivity index (χ4n) is 0.490. The molecule has 0 heterocycles. The SMILES string of the molecule is O=C([O-])CNCCSCC(=O)[O-].[K+].[K+]. The van der Waals surface area contributed by atoms with Crippen LogP contribution in [0, 0.1) is 0 Å². The predicted octanol–water partition coefficient (Wildman–Crippen LogP) is -9.18. The quantitative estimate of drug-likeness (QED) is 0.364. The van der Waals surface area contributed by atoms with Crippen molar-refractivity contribution >= 4 is 23.7 Å². The van der Waals surface area contributed by atoms with Gasteiger partial charge < -0.3 is 25.1 Å². The molecule has 0 unspecified atom stereocenters.